The Morgan fingerprint density at radius 1 is 0.960 bits per heavy atom. The molecule has 0 amide bonds. The summed E-state index contributed by atoms with van der Waals surface area (Å²) in [6.45, 7) is 2.55. The van der Waals surface area contributed by atoms with Crippen LogP contribution in [0.3, 0.4) is 0 Å². The van der Waals surface area contributed by atoms with Crippen LogP contribution in [0.4, 0.5) is 0 Å². The summed E-state index contributed by atoms with van der Waals surface area (Å²) >= 11 is 0. The zero-order valence-electron chi connectivity index (χ0n) is 14.1. The van der Waals surface area contributed by atoms with Crippen molar-refractivity contribution >= 4 is 5.78 Å². The molecule has 126 valence electrons. The molecular weight excluding hydrogens is 312 g/mol. The van der Waals surface area contributed by atoms with Gasteiger partial charge in [-0.05, 0) is 30.2 Å². The van der Waals surface area contributed by atoms with Crippen LogP contribution in [-0.2, 0) is 0 Å². The Morgan fingerprint density at radius 3 is 2.40 bits per heavy atom. The van der Waals surface area contributed by atoms with Crippen molar-refractivity contribution in [1.82, 2.24) is 0 Å². The van der Waals surface area contributed by atoms with Crippen molar-refractivity contribution in [2.24, 2.45) is 0 Å². The van der Waals surface area contributed by atoms with E-state index in [0.717, 1.165) is 12.0 Å². The van der Waals surface area contributed by atoms with Crippen molar-refractivity contribution in [3.63, 3.8) is 0 Å². The van der Waals surface area contributed by atoms with Gasteiger partial charge in [0.25, 0.3) is 0 Å². The first-order valence-electron chi connectivity index (χ1n) is 8.35. The number of hydrogen-bond acceptors (Lipinski definition) is 3. The van der Waals surface area contributed by atoms with E-state index in [9.17, 15) is 9.90 Å². The lowest BCUT2D eigenvalue weighted by molar-refractivity contribution is 0.103. The molecule has 0 saturated heterocycles. The Morgan fingerprint density at radius 2 is 1.68 bits per heavy atom. The number of hydrogen-bond donors (Lipinski definition) is 1. The molecule has 0 saturated carbocycles. The average Bonchev–Trinajstić information content (AvgIpc) is 2.66. The topological polar surface area (TPSA) is 46.5 Å². The SMILES string of the molecule is CCCOc1cc(-c2ccccc2O)ccc1C(=O)c1ccccc1. The zero-order chi connectivity index (χ0) is 17.6. The summed E-state index contributed by atoms with van der Waals surface area (Å²) in [6.07, 6.45) is 0.847. The third-order valence-electron chi connectivity index (χ3n) is 3.94. The second kappa shape index (κ2) is 7.67. The van der Waals surface area contributed by atoms with Crippen LogP contribution in [0.15, 0.2) is 72.8 Å². The Labute approximate surface area is 147 Å². The Kier molecular flexibility index (Phi) is 5.14. The second-order valence-corrected chi connectivity index (χ2v) is 5.77. The Bertz CT molecular complexity index is 869. The molecule has 3 aromatic rings. The molecule has 3 heteroatoms. The lowest BCUT2D eigenvalue weighted by Gasteiger charge is -2.13. The maximum Gasteiger partial charge on any atom is 0.196 e. The van der Waals surface area contributed by atoms with E-state index in [-0.39, 0.29) is 11.5 Å². The van der Waals surface area contributed by atoms with Gasteiger partial charge < -0.3 is 9.84 Å². The second-order valence-electron chi connectivity index (χ2n) is 5.77. The normalized spacial score (nSPS) is 10.4. The fourth-order valence-corrected chi connectivity index (χ4v) is 2.67. The summed E-state index contributed by atoms with van der Waals surface area (Å²) in [6, 6.07) is 21.7. The van der Waals surface area contributed by atoms with Gasteiger partial charge in [0.05, 0.1) is 12.2 Å². The highest BCUT2D eigenvalue weighted by Gasteiger charge is 2.16. The van der Waals surface area contributed by atoms with Gasteiger partial charge in [-0.15, -0.1) is 0 Å². The lowest BCUT2D eigenvalue weighted by atomic mass is 9.98. The minimum atomic E-state index is -0.0736. The van der Waals surface area contributed by atoms with Crippen molar-refractivity contribution in [2.75, 3.05) is 6.61 Å². The molecule has 0 unspecified atom stereocenters. The molecular formula is C22H20O3. The molecule has 0 aromatic heterocycles. The van der Waals surface area contributed by atoms with Crippen molar-refractivity contribution in [2.45, 2.75) is 13.3 Å². The number of aromatic hydroxyl groups is 1. The average molecular weight is 332 g/mol. The van der Waals surface area contributed by atoms with Gasteiger partial charge >= 0.3 is 0 Å². The van der Waals surface area contributed by atoms with Gasteiger partial charge in [-0.1, -0.05) is 61.5 Å². The molecule has 0 fully saturated rings. The zero-order valence-corrected chi connectivity index (χ0v) is 14.1. The predicted octanol–water partition coefficient (Wildman–Crippen LogP) is 5.08. The smallest absolute Gasteiger partial charge is 0.196 e. The third-order valence-corrected chi connectivity index (χ3v) is 3.94. The van der Waals surface area contributed by atoms with E-state index in [0.29, 0.717) is 29.0 Å². The highest BCUT2D eigenvalue weighted by atomic mass is 16.5. The van der Waals surface area contributed by atoms with Crippen LogP contribution in [0.25, 0.3) is 11.1 Å². The number of phenols is 1. The fourth-order valence-electron chi connectivity index (χ4n) is 2.67. The third kappa shape index (κ3) is 3.72. The number of para-hydroxylation sites is 1. The molecule has 3 rings (SSSR count). The molecule has 0 aliphatic rings. The van der Waals surface area contributed by atoms with E-state index in [2.05, 4.69) is 0 Å². The van der Waals surface area contributed by atoms with Gasteiger partial charge in [-0.3, -0.25) is 4.79 Å². The lowest BCUT2D eigenvalue weighted by Crippen LogP contribution is -2.06. The van der Waals surface area contributed by atoms with Crippen LogP contribution in [0.1, 0.15) is 29.3 Å². The van der Waals surface area contributed by atoms with Crippen molar-refractivity contribution in [3.05, 3.63) is 83.9 Å². The molecule has 25 heavy (non-hydrogen) atoms. The van der Waals surface area contributed by atoms with E-state index < -0.39 is 0 Å². The molecule has 0 spiro atoms. The van der Waals surface area contributed by atoms with E-state index in [1.807, 2.05) is 49.4 Å². The Balaban J connectivity index is 2.04. The molecule has 0 radical (unpaired) electrons. The number of benzene rings is 3. The van der Waals surface area contributed by atoms with Crippen LogP contribution in [0, 0.1) is 0 Å². The summed E-state index contributed by atoms with van der Waals surface area (Å²) < 4.78 is 5.83. The van der Waals surface area contributed by atoms with Gasteiger partial charge in [0.2, 0.25) is 0 Å². The molecule has 0 heterocycles. The summed E-state index contributed by atoms with van der Waals surface area (Å²) in [5, 5.41) is 10.1. The van der Waals surface area contributed by atoms with Gasteiger partial charge in [-0.2, -0.15) is 0 Å². The van der Waals surface area contributed by atoms with E-state index in [1.54, 1.807) is 30.3 Å². The van der Waals surface area contributed by atoms with E-state index in [1.165, 1.54) is 0 Å². The maximum atomic E-state index is 12.8. The first-order valence-corrected chi connectivity index (χ1v) is 8.35. The minimum Gasteiger partial charge on any atom is -0.507 e. The first-order chi connectivity index (χ1) is 12.2. The molecule has 0 bridgehead atoms. The number of carbonyl (C=O) groups is 1. The highest BCUT2D eigenvalue weighted by Crippen LogP contribution is 2.33. The number of rotatable bonds is 6. The van der Waals surface area contributed by atoms with Gasteiger partial charge in [-0.25, -0.2) is 0 Å². The fraction of sp³-hybridized carbons (Fsp3) is 0.136. The Hall–Kier alpha value is -3.07. The first kappa shape index (κ1) is 16.8. The summed E-state index contributed by atoms with van der Waals surface area (Å²) in [5.74, 6) is 0.665. The van der Waals surface area contributed by atoms with Crippen molar-refractivity contribution in [3.8, 4) is 22.6 Å². The summed E-state index contributed by atoms with van der Waals surface area (Å²) in [7, 11) is 0. The minimum absolute atomic E-state index is 0.0736. The molecule has 0 aliphatic heterocycles. The number of phenolic OH excluding ortho intramolecular Hbond substituents is 1. The van der Waals surface area contributed by atoms with E-state index >= 15 is 0 Å². The molecule has 0 aliphatic carbocycles. The van der Waals surface area contributed by atoms with Crippen molar-refractivity contribution < 1.29 is 14.6 Å². The maximum absolute atomic E-state index is 12.8. The van der Waals surface area contributed by atoms with Crippen LogP contribution in [0.2, 0.25) is 0 Å². The van der Waals surface area contributed by atoms with Crippen LogP contribution in [-0.4, -0.2) is 17.5 Å². The molecule has 3 aromatic carbocycles. The summed E-state index contributed by atoms with van der Waals surface area (Å²) in [4.78, 5) is 12.8. The largest absolute Gasteiger partial charge is 0.507 e. The quantitative estimate of drug-likeness (QED) is 0.640. The van der Waals surface area contributed by atoms with Crippen molar-refractivity contribution in [1.29, 1.82) is 0 Å². The highest BCUT2D eigenvalue weighted by molar-refractivity contribution is 6.11. The molecule has 3 nitrogen and oxygen atoms in total. The number of ether oxygens (including phenoxy) is 1. The number of carbonyl (C=O) groups excluding carboxylic acids is 1. The summed E-state index contributed by atoms with van der Waals surface area (Å²) in [5.41, 5.74) is 2.68. The standard InChI is InChI=1S/C22H20O3/c1-2-14-25-21-15-17(18-10-6-7-11-20(18)23)12-13-19(21)22(24)16-8-4-3-5-9-16/h3-13,15,23H,2,14H2,1H3. The van der Waals surface area contributed by atoms with Gasteiger partial charge in [0.15, 0.2) is 5.78 Å². The number of ketones is 1. The van der Waals surface area contributed by atoms with Gasteiger partial charge in [0, 0.05) is 11.1 Å². The van der Waals surface area contributed by atoms with E-state index in [4.69, 9.17) is 4.74 Å². The molecule has 1 N–H and O–H groups in total. The monoisotopic (exact) mass is 332 g/mol. The van der Waals surface area contributed by atoms with Crippen LogP contribution >= 0.6 is 0 Å². The van der Waals surface area contributed by atoms with Crippen LogP contribution < -0.4 is 4.74 Å². The predicted molar refractivity (Wildman–Crippen MR) is 99.2 cm³/mol. The van der Waals surface area contributed by atoms with Gasteiger partial charge in [0.1, 0.15) is 11.5 Å². The molecule has 0 atom stereocenters. The van der Waals surface area contributed by atoms with Crippen LogP contribution in [0.5, 0.6) is 11.5 Å².